The number of sulfone groups is 1. The van der Waals surface area contributed by atoms with Crippen LogP contribution in [0, 0.1) is 0 Å². The molecule has 0 atom stereocenters. The number of amides is 2. The number of benzene rings is 1. The zero-order chi connectivity index (χ0) is 21.0. The van der Waals surface area contributed by atoms with E-state index in [2.05, 4.69) is 5.32 Å². The van der Waals surface area contributed by atoms with Gasteiger partial charge in [0.1, 0.15) is 0 Å². The fraction of sp³-hybridized carbons (Fsp3) is 0.471. The quantitative estimate of drug-likeness (QED) is 0.696. The largest absolute Gasteiger partial charge is 0.452 e. The molecule has 0 aromatic heterocycles. The molecule has 0 aliphatic rings. The lowest BCUT2D eigenvalue weighted by atomic mass is 10.1. The lowest BCUT2D eigenvalue weighted by Crippen LogP contribution is -2.46. The minimum Gasteiger partial charge on any atom is -0.452 e. The third-order valence-corrected chi connectivity index (χ3v) is 4.67. The van der Waals surface area contributed by atoms with Crippen LogP contribution in [0.3, 0.4) is 0 Å². The number of esters is 1. The lowest BCUT2D eigenvalue weighted by Gasteiger charge is -2.23. The molecular formula is C17H23ClN2O6S. The lowest BCUT2D eigenvalue weighted by molar-refractivity contribution is -0.137. The smallest absolute Gasteiger partial charge is 0.340 e. The van der Waals surface area contributed by atoms with Crippen LogP contribution < -0.4 is 5.32 Å². The third-order valence-electron chi connectivity index (χ3n) is 3.23. The van der Waals surface area contributed by atoms with Crippen LogP contribution in [0.2, 0.25) is 5.02 Å². The van der Waals surface area contributed by atoms with Gasteiger partial charge in [0.15, 0.2) is 16.4 Å². The molecule has 10 heteroatoms. The third kappa shape index (κ3) is 7.56. The minimum atomic E-state index is -3.53. The van der Waals surface area contributed by atoms with Crippen LogP contribution in [-0.2, 0) is 24.2 Å². The van der Waals surface area contributed by atoms with E-state index in [0.29, 0.717) is 0 Å². The zero-order valence-corrected chi connectivity index (χ0v) is 17.4. The molecule has 0 saturated heterocycles. The summed E-state index contributed by atoms with van der Waals surface area (Å²) in [5.74, 6) is -1.89. The standard InChI is InChI=1S/C17H23ClN2O6S/c1-17(2,3)19-14(21)9-20(4)15(22)10-26-16(23)12-8-11(27(5,24)25)6-7-13(12)18/h6-8H,9-10H2,1-5H3,(H,19,21). The van der Waals surface area contributed by atoms with E-state index in [-0.39, 0.29) is 27.9 Å². The molecule has 1 rings (SSSR count). The van der Waals surface area contributed by atoms with E-state index in [9.17, 15) is 22.8 Å². The van der Waals surface area contributed by atoms with E-state index in [0.717, 1.165) is 17.2 Å². The van der Waals surface area contributed by atoms with Crippen LogP contribution in [-0.4, -0.2) is 63.1 Å². The van der Waals surface area contributed by atoms with Gasteiger partial charge in [-0.25, -0.2) is 13.2 Å². The molecule has 0 aliphatic heterocycles. The van der Waals surface area contributed by atoms with Crippen LogP contribution in [0.25, 0.3) is 0 Å². The number of rotatable bonds is 6. The van der Waals surface area contributed by atoms with Gasteiger partial charge in [-0.05, 0) is 39.0 Å². The molecule has 150 valence electrons. The van der Waals surface area contributed by atoms with Crippen molar-refractivity contribution in [2.45, 2.75) is 31.2 Å². The van der Waals surface area contributed by atoms with E-state index >= 15 is 0 Å². The Balaban J connectivity index is 2.71. The van der Waals surface area contributed by atoms with Crippen molar-refractivity contribution < 1.29 is 27.5 Å². The first-order valence-electron chi connectivity index (χ1n) is 7.92. The normalized spacial score (nSPS) is 11.6. The Hall–Kier alpha value is -2.13. The van der Waals surface area contributed by atoms with Gasteiger partial charge in [-0.2, -0.15) is 0 Å². The number of halogens is 1. The topological polar surface area (TPSA) is 110 Å². The maximum Gasteiger partial charge on any atom is 0.340 e. The van der Waals surface area contributed by atoms with Gasteiger partial charge in [-0.1, -0.05) is 11.6 Å². The second-order valence-corrected chi connectivity index (χ2v) is 9.46. The maximum absolute atomic E-state index is 12.1. The van der Waals surface area contributed by atoms with Gasteiger partial charge in [0.05, 0.1) is 22.0 Å². The number of nitrogens with zero attached hydrogens (tertiary/aromatic N) is 1. The first kappa shape index (κ1) is 22.9. The Morgan fingerprint density at radius 1 is 1.22 bits per heavy atom. The van der Waals surface area contributed by atoms with E-state index in [4.69, 9.17) is 16.3 Å². The predicted molar refractivity (Wildman–Crippen MR) is 100 cm³/mol. The fourth-order valence-corrected chi connectivity index (χ4v) is 2.81. The summed E-state index contributed by atoms with van der Waals surface area (Å²) in [7, 11) is -2.14. The molecule has 8 nitrogen and oxygen atoms in total. The Bertz CT molecular complexity index is 845. The molecule has 0 spiro atoms. The predicted octanol–water partition coefficient (Wildman–Crippen LogP) is 1.27. The summed E-state index contributed by atoms with van der Waals surface area (Å²) in [5, 5.41) is 2.71. The van der Waals surface area contributed by atoms with Crippen molar-refractivity contribution >= 4 is 39.2 Å². The highest BCUT2D eigenvalue weighted by atomic mass is 35.5. The number of nitrogens with one attached hydrogen (secondary N) is 1. The number of likely N-dealkylation sites (N-methyl/N-ethyl adjacent to an activating group) is 1. The van der Waals surface area contributed by atoms with E-state index in [1.54, 1.807) is 0 Å². The number of carbonyl (C=O) groups excluding carboxylic acids is 3. The number of hydrogen-bond acceptors (Lipinski definition) is 6. The average Bonchev–Trinajstić information content (AvgIpc) is 2.49. The summed E-state index contributed by atoms with van der Waals surface area (Å²) in [6.45, 7) is 4.62. The van der Waals surface area contributed by atoms with Gasteiger partial charge < -0.3 is 15.0 Å². The van der Waals surface area contributed by atoms with E-state index in [1.807, 2.05) is 20.8 Å². The summed E-state index contributed by atoms with van der Waals surface area (Å²) in [6, 6.07) is 3.62. The second kappa shape index (κ2) is 8.71. The van der Waals surface area contributed by atoms with Crippen molar-refractivity contribution in [2.24, 2.45) is 0 Å². The van der Waals surface area contributed by atoms with Gasteiger partial charge >= 0.3 is 5.97 Å². The van der Waals surface area contributed by atoms with Crippen molar-refractivity contribution in [2.75, 3.05) is 26.5 Å². The number of carbonyl (C=O) groups is 3. The van der Waals surface area contributed by atoms with Gasteiger partial charge in [-0.3, -0.25) is 9.59 Å². The fourth-order valence-electron chi connectivity index (χ4n) is 1.97. The van der Waals surface area contributed by atoms with Crippen molar-refractivity contribution in [3.63, 3.8) is 0 Å². The van der Waals surface area contributed by atoms with Crippen molar-refractivity contribution in [1.82, 2.24) is 10.2 Å². The van der Waals surface area contributed by atoms with E-state index < -0.39 is 33.9 Å². The van der Waals surface area contributed by atoms with Gasteiger partial charge in [-0.15, -0.1) is 0 Å². The van der Waals surface area contributed by atoms with Crippen LogP contribution in [0.4, 0.5) is 0 Å². The zero-order valence-electron chi connectivity index (χ0n) is 15.8. The molecule has 0 fully saturated rings. The molecule has 27 heavy (non-hydrogen) atoms. The molecule has 0 heterocycles. The molecule has 0 unspecified atom stereocenters. The van der Waals surface area contributed by atoms with Crippen molar-refractivity contribution in [3.05, 3.63) is 28.8 Å². The van der Waals surface area contributed by atoms with E-state index in [1.165, 1.54) is 19.2 Å². The minimum absolute atomic E-state index is 0.00208. The molecule has 1 N–H and O–H groups in total. The number of hydrogen-bond donors (Lipinski definition) is 1. The highest BCUT2D eigenvalue weighted by Crippen LogP contribution is 2.21. The maximum atomic E-state index is 12.1. The molecule has 0 radical (unpaired) electrons. The first-order valence-corrected chi connectivity index (χ1v) is 10.2. The highest BCUT2D eigenvalue weighted by Gasteiger charge is 2.21. The molecular weight excluding hydrogens is 396 g/mol. The molecule has 0 saturated carbocycles. The SMILES string of the molecule is CN(CC(=O)NC(C)(C)C)C(=O)COC(=O)c1cc(S(C)(=O)=O)ccc1Cl. The van der Waals surface area contributed by atoms with Gasteiger partial charge in [0.25, 0.3) is 5.91 Å². The highest BCUT2D eigenvalue weighted by molar-refractivity contribution is 7.90. The van der Waals surface area contributed by atoms with Crippen LogP contribution >= 0.6 is 11.6 Å². The second-order valence-electron chi connectivity index (χ2n) is 7.04. The first-order chi connectivity index (χ1) is 12.2. The summed E-state index contributed by atoms with van der Waals surface area (Å²) in [4.78, 5) is 37.0. The molecule has 2 amide bonds. The Morgan fingerprint density at radius 3 is 2.33 bits per heavy atom. The molecule has 1 aromatic rings. The Kier molecular flexibility index (Phi) is 7.39. The van der Waals surface area contributed by atoms with Crippen LogP contribution in [0.1, 0.15) is 31.1 Å². The van der Waals surface area contributed by atoms with Gasteiger partial charge in [0, 0.05) is 18.8 Å². The average molecular weight is 419 g/mol. The van der Waals surface area contributed by atoms with Crippen molar-refractivity contribution in [3.8, 4) is 0 Å². The summed E-state index contributed by atoms with van der Waals surface area (Å²) < 4.78 is 28.1. The van der Waals surface area contributed by atoms with Crippen LogP contribution in [0.15, 0.2) is 23.1 Å². The molecule has 0 aliphatic carbocycles. The monoisotopic (exact) mass is 418 g/mol. The van der Waals surface area contributed by atoms with Gasteiger partial charge in [0.2, 0.25) is 5.91 Å². The Labute approximate surface area is 163 Å². The van der Waals surface area contributed by atoms with Crippen molar-refractivity contribution in [1.29, 1.82) is 0 Å². The molecule has 1 aromatic carbocycles. The molecule has 0 bridgehead atoms. The summed E-state index contributed by atoms with van der Waals surface area (Å²) in [5.41, 5.74) is -0.602. The number of ether oxygens (including phenoxy) is 1. The summed E-state index contributed by atoms with van der Waals surface area (Å²) in [6.07, 6.45) is 0.993. The summed E-state index contributed by atoms with van der Waals surface area (Å²) >= 11 is 5.91. The van der Waals surface area contributed by atoms with Crippen LogP contribution in [0.5, 0.6) is 0 Å². The Morgan fingerprint density at radius 2 is 1.81 bits per heavy atom.